The molecule has 0 bridgehead atoms. The van der Waals surface area contributed by atoms with E-state index in [1.165, 1.54) is 0 Å². The Hall–Kier alpha value is -1.80. The van der Waals surface area contributed by atoms with Crippen LogP contribution >= 0.6 is 0 Å². The van der Waals surface area contributed by atoms with Gasteiger partial charge in [0.05, 0.1) is 19.2 Å². The number of hydrogen-bond donors (Lipinski definition) is 0. The molecule has 1 aromatic heterocycles. The van der Waals surface area contributed by atoms with Crippen LogP contribution in [0.5, 0.6) is 0 Å². The minimum atomic E-state index is -0.427. The molecule has 78 valence electrons. The van der Waals surface area contributed by atoms with E-state index in [1.807, 2.05) is 11.0 Å². The predicted octanol–water partition coefficient (Wildman–Crippen LogP) is 0.821. The van der Waals surface area contributed by atoms with E-state index in [1.54, 1.807) is 12.1 Å². The minimum absolute atomic E-state index is 0.296. The molecule has 0 spiro atoms. The highest BCUT2D eigenvalue weighted by atomic mass is 16.5. The number of morpholine rings is 1. The number of carbonyl (C=O) groups is 1. The van der Waals surface area contributed by atoms with E-state index in [2.05, 4.69) is 0 Å². The van der Waals surface area contributed by atoms with Crippen molar-refractivity contribution in [2.24, 2.45) is 0 Å². The molecule has 1 unspecified atom stereocenters. The average Bonchev–Trinajstić information content (AvgIpc) is 2.78. The first-order chi connectivity index (χ1) is 7.33. The van der Waals surface area contributed by atoms with Crippen molar-refractivity contribution in [3.63, 3.8) is 0 Å². The molecule has 0 aromatic carbocycles. The van der Waals surface area contributed by atoms with Crippen molar-refractivity contribution in [3.05, 3.63) is 17.9 Å². The summed E-state index contributed by atoms with van der Waals surface area (Å²) >= 11 is 0. The zero-order valence-electron chi connectivity index (χ0n) is 8.05. The predicted molar refractivity (Wildman–Crippen MR) is 51.7 cm³/mol. The fourth-order valence-corrected chi connectivity index (χ4v) is 1.50. The Labute approximate surface area is 86.8 Å². The lowest BCUT2D eigenvalue weighted by Gasteiger charge is -2.29. The third-order valence-corrected chi connectivity index (χ3v) is 2.25. The number of nitriles is 1. The molecule has 1 aliphatic heterocycles. The first-order valence-corrected chi connectivity index (χ1v) is 4.64. The molecule has 1 saturated heterocycles. The van der Waals surface area contributed by atoms with E-state index < -0.39 is 6.10 Å². The SMILES string of the molecule is N#CC1CN(c2ccc(C=O)o2)CCO1. The summed E-state index contributed by atoms with van der Waals surface area (Å²) < 4.78 is 10.5. The van der Waals surface area contributed by atoms with Crippen LogP contribution in [0, 0.1) is 11.3 Å². The normalized spacial score (nSPS) is 21.0. The van der Waals surface area contributed by atoms with Gasteiger partial charge in [0.25, 0.3) is 0 Å². The summed E-state index contributed by atoms with van der Waals surface area (Å²) in [5.74, 6) is 0.908. The van der Waals surface area contributed by atoms with Crippen LogP contribution in [0.3, 0.4) is 0 Å². The second kappa shape index (κ2) is 4.15. The smallest absolute Gasteiger partial charge is 0.196 e. The van der Waals surface area contributed by atoms with E-state index in [0.717, 1.165) is 0 Å². The molecule has 0 amide bonds. The molecule has 0 saturated carbocycles. The molecule has 0 N–H and O–H groups in total. The molecular weight excluding hydrogens is 196 g/mol. The zero-order valence-corrected chi connectivity index (χ0v) is 8.05. The van der Waals surface area contributed by atoms with Crippen molar-refractivity contribution < 1.29 is 13.9 Å². The number of hydrogen-bond acceptors (Lipinski definition) is 5. The van der Waals surface area contributed by atoms with Gasteiger partial charge in [0, 0.05) is 12.6 Å². The molecule has 5 nitrogen and oxygen atoms in total. The Kier molecular flexibility index (Phi) is 2.70. The maximum Gasteiger partial charge on any atom is 0.196 e. The van der Waals surface area contributed by atoms with Crippen LogP contribution in [0.4, 0.5) is 5.88 Å². The van der Waals surface area contributed by atoms with Crippen LogP contribution in [-0.4, -0.2) is 32.1 Å². The fraction of sp³-hybridized carbons (Fsp3) is 0.400. The molecule has 15 heavy (non-hydrogen) atoms. The first-order valence-electron chi connectivity index (χ1n) is 4.64. The Bertz CT molecular complexity index is 394. The molecule has 1 atom stereocenters. The van der Waals surface area contributed by atoms with Crippen molar-refractivity contribution in [3.8, 4) is 6.07 Å². The molecule has 1 aliphatic rings. The van der Waals surface area contributed by atoms with Crippen LogP contribution in [-0.2, 0) is 4.74 Å². The highest BCUT2D eigenvalue weighted by Crippen LogP contribution is 2.19. The van der Waals surface area contributed by atoms with Gasteiger partial charge in [-0.15, -0.1) is 0 Å². The van der Waals surface area contributed by atoms with Crippen molar-refractivity contribution in [2.45, 2.75) is 6.10 Å². The molecular formula is C10H10N2O3. The van der Waals surface area contributed by atoms with E-state index in [4.69, 9.17) is 14.4 Å². The van der Waals surface area contributed by atoms with Gasteiger partial charge in [-0.05, 0) is 6.07 Å². The Morgan fingerprint density at radius 2 is 2.47 bits per heavy atom. The summed E-state index contributed by atoms with van der Waals surface area (Å²) in [5, 5.41) is 8.72. The summed E-state index contributed by atoms with van der Waals surface area (Å²) in [4.78, 5) is 12.3. The Balaban J connectivity index is 2.10. The van der Waals surface area contributed by atoms with Gasteiger partial charge >= 0.3 is 0 Å². The van der Waals surface area contributed by atoms with E-state index in [-0.39, 0.29) is 0 Å². The van der Waals surface area contributed by atoms with E-state index in [0.29, 0.717) is 37.6 Å². The van der Waals surface area contributed by atoms with E-state index >= 15 is 0 Å². The number of anilines is 1. The average molecular weight is 206 g/mol. The molecule has 0 aliphatic carbocycles. The number of furan rings is 1. The highest BCUT2D eigenvalue weighted by Gasteiger charge is 2.22. The first kappa shape index (κ1) is 9.74. The number of nitrogens with zero attached hydrogens (tertiary/aromatic N) is 2. The van der Waals surface area contributed by atoms with Crippen molar-refractivity contribution in [2.75, 3.05) is 24.6 Å². The second-order valence-electron chi connectivity index (χ2n) is 3.23. The third-order valence-electron chi connectivity index (χ3n) is 2.25. The van der Waals surface area contributed by atoms with Gasteiger partial charge < -0.3 is 14.1 Å². The zero-order chi connectivity index (χ0) is 10.7. The summed E-state index contributed by atoms with van der Waals surface area (Å²) in [6.07, 6.45) is 0.231. The van der Waals surface area contributed by atoms with Gasteiger partial charge in [-0.3, -0.25) is 4.79 Å². The van der Waals surface area contributed by atoms with E-state index in [9.17, 15) is 4.79 Å². The third kappa shape index (κ3) is 2.00. The number of rotatable bonds is 2. The number of carbonyl (C=O) groups excluding carboxylic acids is 1. The number of ether oxygens (including phenoxy) is 1. The van der Waals surface area contributed by atoms with Crippen molar-refractivity contribution in [1.82, 2.24) is 0 Å². The topological polar surface area (TPSA) is 66.5 Å². The summed E-state index contributed by atoms with van der Waals surface area (Å²) in [7, 11) is 0. The van der Waals surface area contributed by atoms with Crippen LogP contribution in [0.25, 0.3) is 0 Å². The lowest BCUT2D eigenvalue weighted by Crippen LogP contribution is -2.41. The maximum atomic E-state index is 10.4. The van der Waals surface area contributed by atoms with Crippen molar-refractivity contribution in [1.29, 1.82) is 5.26 Å². The summed E-state index contributed by atoms with van der Waals surface area (Å²) in [6.45, 7) is 1.64. The molecule has 5 heteroatoms. The molecule has 1 aromatic rings. The van der Waals surface area contributed by atoms with Crippen LogP contribution in [0.15, 0.2) is 16.5 Å². The van der Waals surface area contributed by atoms with Gasteiger partial charge in [0.2, 0.25) is 0 Å². The number of aldehydes is 1. The lowest BCUT2D eigenvalue weighted by molar-refractivity contribution is 0.0747. The standard InChI is InChI=1S/C10H10N2O3/c11-5-9-6-12(3-4-14-9)10-2-1-8(7-13)15-10/h1-2,7,9H,3-4,6H2. The Morgan fingerprint density at radius 3 is 3.13 bits per heavy atom. The monoisotopic (exact) mass is 206 g/mol. The lowest BCUT2D eigenvalue weighted by atomic mass is 10.3. The molecule has 1 fully saturated rings. The van der Waals surface area contributed by atoms with Crippen LogP contribution in [0.2, 0.25) is 0 Å². The molecule has 0 radical (unpaired) electrons. The van der Waals surface area contributed by atoms with Gasteiger partial charge in [-0.2, -0.15) is 5.26 Å². The fourth-order valence-electron chi connectivity index (χ4n) is 1.50. The van der Waals surface area contributed by atoms with Gasteiger partial charge in [-0.25, -0.2) is 0 Å². The molecule has 2 heterocycles. The van der Waals surface area contributed by atoms with Crippen molar-refractivity contribution >= 4 is 12.2 Å². The minimum Gasteiger partial charge on any atom is -0.438 e. The molecule has 2 rings (SSSR count). The van der Waals surface area contributed by atoms with Crippen LogP contribution < -0.4 is 4.90 Å². The summed E-state index contributed by atoms with van der Waals surface area (Å²) in [5.41, 5.74) is 0. The largest absolute Gasteiger partial charge is 0.438 e. The van der Waals surface area contributed by atoms with Gasteiger partial charge in [0.1, 0.15) is 0 Å². The Morgan fingerprint density at radius 1 is 1.60 bits per heavy atom. The van der Waals surface area contributed by atoms with Gasteiger partial charge in [0.15, 0.2) is 24.0 Å². The maximum absolute atomic E-state index is 10.4. The second-order valence-corrected chi connectivity index (χ2v) is 3.23. The van der Waals surface area contributed by atoms with Crippen LogP contribution in [0.1, 0.15) is 10.6 Å². The summed E-state index contributed by atoms with van der Waals surface area (Å²) in [6, 6.07) is 5.39. The van der Waals surface area contributed by atoms with Gasteiger partial charge in [-0.1, -0.05) is 0 Å². The highest BCUT2D eigenvalue weighted by molar-refractivity contribution is 5.71. The quantitative estimate of drug-likeness (QED) is 0.670.